The fraction of sp³-hybridized carbons (Fsp3) is 0.310. The van der Waals surface area contributed by atoms with Gasteiger partial charge in [-0.3, -0.25) is 13.9 Å². The summed E-state index contributed by atoms with van der Waals surface area (Å²) in [5.41, 5.74) is 2.30. The summed E-state index contributed by atoms with van der Waals surface area (Å²) in [4.78, 5) is 28.4. The molecule has 2 amide bonds. The molecule has 1 atom stereocenters. The summed E-state index contributed by atoms with van der Waals surface area (Å²) in [6.45, 7) is 5.93. The van der Waals surface area contributed by atoms with Gasteiger partial charge in [0, 0.05) is 16.7 Å². The Kier molecular flexibility index (Phi) is 10.7. The molecule has 38 heavy (non-hydrogen) atoms. The second kappa shape index (κ2) is 13.7. The molecule has 0 saturated carbocycles. The second-order valence-electron chi connectivity index (χ2n) is 9.13. The molecule has 0 unspecified atom stereocenters. The predicted octanol–water partition coefficient (Wildman–Crippen LogP) is 5.13. The molecule has 0 aliphatic heterocycles. The van der Waals surface area contributed by atoms with Crippen LogP contribution in [0.25, 0.3) is 0 Å². The summed E-state index contributed by atoms with van der Waals surface area (Å²) in [5.74, 6) is -0.743. The third-order valence-corrected chi connectivity index (χ3v) is 8.70. The molecule has 0 saturated heterocycles. The van der Waals surface area contributed by atoms with Crippen LogP contribution in [0.3, 0.4) is 0 Å². The zero-order valence-corrected chi connectivity index (χ0v) is 24.9. The quantitative estimate of drug-likeness (QED) is 0.218. The van der Waals surface area contributed by atoms with Gasteiger partial charge in [-0.1, -0.05) is 61.4 Å². The van der Waals surface area contributed by atoms with Gasteiger partial charge in [0.25, 0.3) is 10.0 Å². The number of nitrogens with zero attached hydrogens (tertiary/aromatic N) is 2. The number of hydrogen-bond acceptors (Lipinski definition) is 4. The van der Waals surface area contributed by atoms with Crippen molar-refractivity contribution < 1.29 is 18.0 Å². The van der Waals surface area contributed by atoms with Crippen molar-refractivity contribution in [1.82, 2.24) is 10.2 Å². The van der Waals surface area contributed by atoms with Gasteiger partial charge >= 0.3 is 0 Å². The fourth-order valence-corrected chi connectivity index (χ4v) is 5.66. The first-order valence-electron chi connectivity index (χ1n) is 12.6. The van der Waals surface area contributed by atoms with Crippen LogP contribution in [-0.4, -0.2) is 44.3 Å². The van der Waals surface area contributed by atoms with E-state index in [2.05, 4.69) is 27.9 Å². The van der Waals surface area contributed by atoms with Crippen LogP contribution in [0.5, 0.6) is 0 Å². The van der Waals surface area contributed by atoms with Crippen LogP contribution in [-0.2, 0) is 26.2 Å². The molecule has 0 aromatic heterocycles. The summed E-state index contributed by atoms with van der Waals surface area (Å²) < 4.78 is 29.5. The lowest BCUT2D eigenvalue weighted by Gasteiger charge is -2.32. The van der Waals surface area contributed by atoms with Gasteiger partial charge in [0.1, 0.15) is 12.6 Å². The number of nitrogens with one attached hydrogen (secondary N) is 1. The Morgan fingerprint density at radius 2 is 1.58 bits per heavy atom. The number of hydrogen-bond donors (Lipinski definition) is 1. The number of rotatable bonds is 12. The van der Waals surface area contributed by atoms with Crippen LogP contribution in [0, 0.1) is 10.5 Å². The molecular formula is C29H34IN3O4S. The Bertz CT molecular complexity index is 1310. The number of anilines is 1. The predicted molar refractivity (Wildman–Crippen MR) is 159 cm³/mol. The molecule has 1 N–H and O–H groups in total. The SMILES string of the molecule is CCCCNC(=O)[C@H](C)N(Cc1ccc(C)cc1)C(=O)CN(c1ccc(I)cc1)S(=O)(=O)c1ccccc1. The molecule has 3 aromatic rings. The highest BCUT2D eigenvalue weighted by molar-refractivity contribution is 14.1. The first-order chi connectivity index (χ1) is 18.1. The highest BCUT2D eigenvalue weighted by Crippen LogP contribution is 2.25. The van der Waals surface area contributed by atoms with Crippen LogP contribution >= 0.6 is 22.6 Å². The van der Waals surface area contributed by atoms with E-state index >= 15 is 0 Å². The second-order valence-corrected chi connectivity index (χ2v) is 12.2. The topological polar surface area (TPSA) is 86.8 Å². The number of amides is 2. The van der Waals surface area contributed by atoms with E-state index in [1.807, 2.05) is 38.1 Å². The summed E-state index contributed by atoms with van der Waals surface area (Å²) >= 11 is 2.14. The lowest BCUT2D eigenvalue weighted by molar-refractivity contribution is -0.139. The van der Waals surface area contributed by atoms with Crippen molar-refractivity contribution in [3.8, 4) is 0 Å². The van der Waals surface area contributed by atoms with Gasteiger partial charge in [0.2, 0.25) is 11.8 Å². The van der Waals surface area contributed by atoms with Crippen molar-refractivity contribution in [2.45, 2.75) is 51.1 Å². The molecule has 0 aliphatic rings. The molecule has 0 aliphatic carbocycles. The van der Waals surface area contributed by atoms with Crippen LogP contribution in [0.1, 0.15) is 37.8 Å². The maximum absolute atomic E-state index is 13.9. The van der Waals surface area contributed by atoms with Gasteiger partial charge in [0.05, 0.1) is 10.6 Å². The minimum atomic E-state index is -4.05. The number of sulfonamides is 1. The monoisotopic (exact) mass is 647 g/mol. The number of unbranched alkanes of at least 4 members (excludes halogenated alkanes) is 1. The number of benzene rings is 3. The van der Waals surface area contributed by atoms with Crippen molar-refractivity contribution in [2.24, 2.45) is 0 Å². The first kappa shape index (κ1) is 29.6. The highest BCUT2D eigenvalue weighted by Gasteiger charge is 2.32. The average Bonchev–Trinajstić information content (AvgIpc) is 2.92. The third kappa shape index (κ3) is 7.80. The molecule has 202 valence electrons. The van der Waals surface area contributed by atoms with Crippen molar-refractivity contribution in [1.29, 1.82) is 0 Å². The Morgan fingerprint density at radius 3 is 2.18 bits per heavy atom. The Labute approximate surface area is 239 Å². The fourth-order valence-electron chi connectivity index (χ4n) is 3.86. The van der Waals surface area contributed by atoms with Crippen molar-refractivity contribution in [2.75, 3.05) is 17.4 Å². The van der Waals surface area contributed by atoms with Crippen LogP contribution in [0.15, 0.2) is 83.8 Å². The lowest BCUT2D eigenvalue weighted by Crippen LogP contribution is -2.51. The molecule has 3 aromatic carbocycles. The van der Waals surface area contributed by atoms with E-state index in [0.29, 0.717) is 12.2 Å². The molecule has 0 radical (unpaired) electrons. The van der Waals surface area contributed by atoms with Gasteiger partial charge < -0.3 is 10.2 Å². The number of carbonyl (C=O) groups excluding carboxylic acids is 2. The Hall–Kier alpha value is -2.92. The summed E-state index contributed by atoms with van der Waals surface area (Å²) in [5, 5.41) is 2.90. The molecule has 9 heteroatoms. The Balaban J connectivity index is 1.97. The highest BCUT2D eigenvalue weighted by atomic mass is 127. The minimum Gasteiger partial charge on any atom is -0.354 e. The third-order valence-electron chi connectivity index (χ3n) is 6.20. The summed E-state index contributed by atoms with van der Waals surface area (Å²) in [6, 6.07) is 21.9. The van der Waals surface area contributed by atoms with E-state index in [4.69, 9.17) is 0 Å². The number of carbonyl (C=O) groups is 2. The van der Waals surface area contributed by atoms with Crippen LogP contribution in [0.2, 0.25) is 0 Å². The zero-order valence-electron chi connectivity index (χ0n) is 21.9. The van der Waals surface area contributed by atoms with E-state index < -0.39 is 28.5 Å². The van der Waals surface area contributed by atoms with Crippen molar-refractivity contribution in [3.05, 3.63) is 93.6 Å². The summed E-state index contributed by atoms with van der Waals surface area (Å²) in [6.07, 6.45) is 1.77. The molecule has 7 nitrogen and oxygen atoms in total. The van der Waals surface area contributed by atoms with Gasteiger partial charge in [0.15, 0.2) is 0 Å². The van der Waals surface area contributed by atoms with E-state index in [1.165, 1.54) is 17.0 Å². The van der Waals surface area contributed by atoms with Crippen molar-refractivity contribution >= 4 is 50.1 Å². The average molecular weight is 648 g/mol. The smallest absolute Gasteiger partial charge is 0.264 e. The van der Waals surface area contributed by atoms with E-state index in [1.54, 1.807) is 49.4 Å². The lowest BCUT2D eigenvalue weighted by atomic mass is 10.1. The van der Waals surface area contributed by atoms with Gasteiger partial charge in [-0.05, 0) is 84.8 Å². The molecule has 0 fully saturated rings. The zero-order chi connectivity index (χ0) is 27.7. The van der Waals surface area contributed by atoms with E-state index in [0.717, 1.165) is 31.8 Å². The standard InChI is InChI=1S/C29H34IN3O4S/c1-4-5-19-31-29(35)23(3)32(20-24-13-11-22(2)12-14-24)28(34)21-33(26-17-15-25(30)16-18-26)38(36,37)27-9-7-6-8-10-27/h6-18,23H,4-5,19-21H2,1-3H3,(H,31,35)/t23-/m0/s1. The normalized spacial score (nSPS) is 12.0. The minimum absolute atomic E-state index is 0.0850. The van der Waals surface area contributed by atoms with Gasteiger partial charge in [-0.15, -0.1) is 0 Å². The maximum Gasteiger partial charge on any atom is 0.264 e. The molecule has 0 heterocycles. The molecule has 0 spiro atoms. The first-order valence-corrected chi connectivity index (χ1v) is 15.1. The molecular weight excluding hydrogens is 613 g/mol. The van der Waals surface area contributed by atoms with Gasteiger partial charge in [-0.2, -0.15) is 0 Å². The Morgan fingerprint density at radius 1 is 0.947 bits per heavy atom. The number of aryl methyl sites for hydroxylation is 1. The van der Waals surface area contributed by atoms with E-state index in [-0.39, 0.29) is 17.3 Å². The van der Waals surface area contributed by atoms with Crippen LogP contribution < -0.4 is 9.62 Å². The number of halogens is 1. The van der Waals surface area contributed by atoms with Crippen LogP contribution in [0.4, 0.5) is 5.69 Å². The largest absolute Gasteiger partial charge is 0.354 e. The maximum atomic E-state index is 13.9. The van der Waals surface area contributed by atoms with E-state index in [9.17, 15) is 18.0 Å². The summed E-state index contributed by atoms with van der Waals surface area (Å²) in [7, 11) is -4.05. The van der Waals surface area contributed by atoms with Gasteiger partial charge in [-0.25, -0.2) is 8.42 Å². The molecule has 0 bridgehead atoms. The molecule has 3 rings (SSSR count). The van der Waals surface area contributed by atoms with Crippen molar-refractivity contribution in [3.63, 3.8) is 0 Å².